The summed E-state index contributed by atoms with van der Waals surface area (Å²) in [5.74, 6) is 0.429. The predicted octanol–water partition coefficient (Wildman–Crippen LogP) is 4.06. The van der Waals surface area contributed by atoms with E-state index in [9.17, 15) is 9.59 Å². The van der Waals surface area contributed by atoms with Crippen molar-refractivity contribution in [1.29, 1.82) is 0 Å². The second-order valence-corrected chi connectivity index (χ2v) is 8.85. The minimum Gasteiger partial charge on any atom is -0.355 e. The third-order valence-electron chi connectivity index (χ3n) is 4.70. The molecule has 32 heavy (non-hydrogen) atoms. The van der Waals surface area contributed by atoms with Gasteiger partial charge < -0.3 is 15.2 Å². The second kappa shape index (κ2) is 11.4. The van der Waals surface area contributed by atoms with Crippen molar-refractivity contribution in [2.45, 2.75) is 24.5 Å². The lowest BCUT2D eigenvalue weighted by atomic mass is 10.1. The van der Waals surface area contributed by atoms with Crippen molar-refractivity contribution in [3.8, 4) is 0 Å². The van der Waals surface area contributed by atoms with Gasteiger partial charge in [0.15, 0.2) is 11.0 Å². The summed E-state index contributed by atoms with van der Waals surface area (Å²) >= 11 is 13.2. The summed E-state index contributed by atoms with van der Waals surface area (Å²) in [6.07, 6.45) is 0.779. The third kappa shape index (κ3) is 6.48. The first-order chi connectivity index (χ1) is 15.3. The van der Waals surface area contributed by atoms with E-state index in [-0.39, 0.29) is 17.6 Å². The molecule has 10 heteroatoms. The molecule has 0 radical (unpaired) electrons. The highest BCUT2D eigenvalue weighted by molar-refractivity contribution is 7.99. The van der Waals surface area contributed by atoms with E-state index >= 15 is 0 Å². The second-order valence-electron chi connectivity index (χ2n) is 7.10. The average Bonchev–Trinajstić information content (AvgIpc) is 3.15. The number of carbonyl (C=O) groups excluding carboxylic acids is 2. The van der Waals surface area contributed by atoms with Gasteiger partial charge >= 0.3 is 0 Å². The molecule has 0 saturated heterocycles. The van der Waals surface area contributed by atoms with Crippen LogP contribution in [0.3, 0.4) is 0 Å². The number of hydrogen-bond acceptors (Lipinski definition) is 5. The van der Waals surface area contributed by atoms with Crippen LogP contribution in [0.25, 0.3) is 0 Å². The minimum atomic E-state index is -0.400. The lowest BCUT2D eigenvalue weighted by molar-refractivity contribution is -0.118. The summed E-state index contributed by atoms with van der Waals surface area (Å²) < 4.78 is 1.77. The van der Waals surface area contributed by atoms with E-state index < -0.39 is 6.04 Å². The molecule has 1 atom stereocenters. The highest BCUT2D eigenvalue weighted by Gasteiger charge is 2.19. The summed E-state index contributed by atoms with van der Waals surface area (Å²) in [4.78, 5) is 24.6. The topological polar surface area (TPSA) is 88.9 Å². The van der Waals surface area contributed by atoms with Gasteiger partial charge in [-0.05, 0) is 37.1 Å². The molecule has 0 saturated carbocycles. The van der Waals surface area contributed by atoms with Crippen LogP contribution in [0, 0.1) is 0 Å². The van der Waals surface area contributed by atoms with Crippen molar-refractivity contribution in [2.24, 2.45) is 7.05 Å². The number of nitrogens with one attached hydrogen (secondary N) is 2. The lowest BCUT2D eigenvalue weighted by Crippen LogP contribution is -2.28. The first kappa shape index (κ1) is 24.1. The molecule has 0 aliphatic heterocycles. The maximum Gasteiger partial charge on any atom is 0.251 e. The molecule has 1 heterocycles. The van der Waals surface area contributed by atoms with Crippen molar-refractivity contribution in [2.75, 3.05) is 12.3 Å². The van der Waals surface area contributed by atoms with Gasteiger partial charge in [-0.25, -0.2) is 0 Å². The molecule has 7 nitrogen and oxygen atoms in total. The zero-order valence-corrected chi connectivity index (χ0v) is 20.0. The van der Waals surface area contributed by atoms with Crippen LogP contribution >= 0.6 is 35.0 Å². The van der Waals surface area contributed by atoms with E-state index in [1.807, 2.05) is 37.3 Å². The van der Waals surface area contributed by atoms with Gasteiger partial charge in [-0.1, -0.05) is 65.3 Å². The molecule has 3 rings (SSSR count). The van der Waals surface area contributed by atoms with Crippen molar-refractivity contribution in [3.05, 3.63) is 75.5 Å². The van der Waals surface area contributed by atoms with Crippen LogP contribution in [-0.2, 0) is 18.3 Å². The molecule has 0 fully saturated rings. The number of halogens is 2. The number of thioether (sulfide) groups is 1. The summed E-state index contributed by atoms with van der Waals surface area (Å²) in [6.45, 7) is 2.38. The van der Waals surface area contributed by atoms with Gasteiger partial charge in [-0.2, -0.15) is 0 Å². The molecule has 2 N–H and O–H groups in total. The van der Waals surface area contributed by atoms with Gasteiger partial charge in [0, 0.05) is 19.2 Å². The molecular formula is C22H23Cl2N5O2S. The van der Waals surface area contributed by atoms with E-state index in [4.69, 9.17) is 23.2 Å². The molecular weight excluding hydrogens is 469 g/mol. The molecule has 0 aliphatic rings. The molecule has 0 spiro atoms. The van der Waals surface area contributed by atoms with Gasteiger partial charge in [0.25, 0.3) is 5.91 Å². The summed E-state index contributed by atoms with van der Waals surface area (Å²) in [6, 6.07) is 14.3. The Bertz CT molecular complexity index is 1090. The Balaban J connectivity index is 1.49. The molecule has 0 unspecified atom stereocenters. The molecule has 2 aromatic carbocycles. The van der Waals surface area contributed by atoms with Gasteiger partial charge in [0.2, 0.25) is 5.91 Å². The fourth-order valence-electron chi connectivity index (χ4n) is 2.98. The predicted molar refractivity (Wildman–Crippen MR) is 127 cm³/mol. The van der Waals surface area contributed by atoms with Crippen molar-refractivity contribution < 1.29 is 9.59 Å². The average molecular weight is 492 g/mol. The Morgan fingerprint density at radius 1 is 1.09 bits per heavy atom. The van der Waals surface area contributed by atoms with Crippen LogP contribution in [0.4, 0.5) is 0 Å². The largest absolute Gasteiger partial charge is 0.355 e. The zero-order valence-electron chi connectivity index (χ0n) is 17.6. The van der Waals surface area contributed by atoms with Gasteiger partial charge in [0.05, 0.1) is 21.8 Å². The van der Waals surface area contributed by atoms with Crippen LogP contribution < -0.4 is 10.6 Å². The normalized spacial score (nSPS) is 11.8. The quantitative estimate of drug-likeness (QED) is 0.440. The monoisotopic (exact) mass is 491 g/mol. The highest BCUT2D eigenvalue weighted by Crippen LogP contribution is 2.23. The number of amides is 2. The first-order valence-corrected chi connectivity index (χ1v) is 11.7. The Kier molecular flexibility index (Phi) is 8.55. The molecule has 1 aromatic heterocycles. The standard InChI is InChI=1S/C22H23Cl2N5O2S/c1-14(26-21(31)16-8-9-17(23)18(24)12-16)20-27-28-22(29(20)2)32-13-19(30)25-11-10-15-6-4-3-5-7-15/h3-9,12,14H,10-11,13H2,1-2H3,(H,25,30)(H,26,31)/t14-/m0/s1. The van der Waals surface area contributed by atoms with Gasteiger partial charge in [0.1, 0.15) is 0 Å². The number of aromatic nitrogens is 3. The van der Waals surface area contributed by atoms with Gasteiger partial charge in [-0.15, -0.1) is 10.2 Å². The Labute approximate surface area is 200 Å². The van der Waals surface area contributed by atoms with Crippen LogP contribution in [0.1, 0.15) is 34.7 Å². The zero-order chi connectivity index (χ0) is 23.1. The van der Waals surface area contributed by atoms with Crippen LogP contribution in [-0.4, -0.2) is 38.9 Å². The Morgan fingerprint density at radius 3 is 2.56 bits per heavy atom. The smallest absolute Gasteiger partial charge is 0.251 e. The summed E-state index contributed by atoms with van der Waals surface area (Å²) in [5.41, 5.74) is 1.57. The molecule has 0 aliphatic carbocycles. The summed E-state index contributed by atoms with van der Waals surface area (Å²) in [7, 11) is 1.80. The van der Waals surface area contributed by atoms with Gasteiger partial charge in [-0.3, -0.25) is 9.59 Å². The number of benzene rings is 2. The fraction of sp³-hybridized carbons (Fsp3) is 0.273. The summed E-state index contributed by atoms with van der Waals surface area (Å²) in [5, 5.41) is 15.4. The van der Waals surface area contributed by atoms with E-state index in [0.717, 1.165) is 6.42 Å². The highest BCUT2D eigenvalue weighted by atomic mass is 35.5. The van der Waals surface area contributed by atoms with E-state index in [1.165, 1.54) is 23.4 Å². The number of carbonyl (C=O) groups is 2. The van der Waals surface area contributed by atoms with E-state index in [0.29, 0.717) is 33.1 Å². The Hall–Kier alpha value is -2.55. The molecule has 168 valence electrons. The number of hydrogen-bond donors (Lipinski definition) is 2. The maximum atomic E-state index is 12.5. The number of rotatable bonds is 9. The minimum absolute atomic E-state index is 0.0727. The van der Waals surface area contributed by atoms with Crippen LogP contribution in [0.5, 0.6) is 0 Å². The van der Waals surface area contributed by atoms with E-state index in [1.54, 1.807) is 23.7 Å². The lowest BCUT2D eigenvalue weighted by Gasteiger charge is -2.14. The first-order valence-electron chi connectivity index (χ1n) is 9.93. The van der Waals surface area contributed by atoms with Crippen molar-refractivity contribution in [3.63, 3.8) is 0 Å². The third-order valence-corrected chi connectivity index (χ3v) is 6.46. The van der Waals surface area contributed by atoms with E-state index in [2.05, 4.69) is 20.8 Å². The fourth-order valence-corrected chi connectivity index (χ4v) is 4.03. The number of nitrogens with zero attached hydrogens (tertiary/aromatic N) is 3. The maximum absolute atomic E-state index is 12.5. The molecule has 3 aromatic rings. The molecule has 0 bridgehead atoms. The van der Waals surface area contributed by atoms with Crippen LogP contribution in [0.15, 0.2) is 53.7 Å². The van der Waals surface area contributed by atoms with Crippen molar-refractivity contribution >= 4 is 46.8 Å². The SMILES string of the molecule is C[C@H](NC(=O)c1ccc(Cl)c(Cl)c1)c1nnc(SCC(=O)NCCc2ccccc2)n1C. The Morgan fingerprint density at radius 2 is 1.84 bits per heavy atom. The van der Waals surface area contributed by atoms with Crippen LogP contribution in [0.2, 0.25) is 10.0 Å². The van der Waals surface area contributed by atoms with Crippen molar-refractivity contribution in [1.82, 2.24) is 25.4 Å². The molecule has 2 amide bonds.